The van der Waals surface area contributed by atoms with Crippen molar-refractivity contribution in [1.29, 1.82) is 0 Å². The summed E-state index contributed by atoms with van der Waals surface area (Å²) in [6.45, 7) is 4.92. The van der Waals surface area contributed by atoms with Crippen LogP contribution in [0.25, 0.3) is 10.9 Å². The van der Waals surface area contributed by atoms with Crippen LogP contribution in [0.15, 0.2) is 18.2 Å². The number of rotatable bonds is 4. The molecule has 0 saturated carbocycles. The van der Waals surface area contributed by atoms with E-state index < -0.39 is 0 Å². The zero-order valence-corrected chi connectivity index (χ0v) is 14.7. The first-order valence-electron chi connectivity index (χ1n) is 9.28. The van der Waals surface area contributed by atoms with Gasteiger partial charge in [0.1, 0.15) is 5.75 Å². The van der Waals surface area contributed by atoms with Gasteiger partial charge >= 0.3 is 0 Å². The number of aliphatic hydroxyl groups is 1. The Morgan fingerprint density at radius 2 is 2.21 bits per heavy atom. The molecule has 4 heteroatoms. The summed E-state index contributed by atoms with van der Waals surface area (Å²) in [5.74, 6) is 2.26. The maximum absolute atomic E-state index is 9.46. The Balaban J connectivity index is 1.71. The summed E-state index contributed by atoms with van der Waals surface area (Å²) in [6.07, 6.45) is 4.44. The molecule has 0 unspecified atom stereocenters. The minimum Gasteiger partial charge on any atom is -0.497 e. The number of benzene rings is 1. The molecule has 1 aromatic carbocycles. The molecule has 0 spiro atoms. The number of H-pyrrole nitrogens is 1. The van der Waals surface area contributed by atoms with Crippen molar-refractivity contribution in [2.75, 3.05) is 26.8 Å². The third kappa shape index (κ3) is 2.52. The van der Waals surface area contributed by atoms with Crippen LogP contribution in [-0.4, -0.2) is 41.8 Å². The summed E-state index contributed by atoms with van der Waals surface area (Å²) < 4.78 is 5.38. The SMILES string of the molecule is CC[C@@H]1CN2CCc3c([nH]c4cc(OC)ccc34)[C@@H]2C[C@H]1CCO. The fourth-order valence-corrected chi connectivity index (χ4v) is 4.93. The molecule has 0 aliphatic carbocycles. The molecule has 0 bridgehead atoms. The van der Waals surface area contributed by atoms with E-state index in [1.807, 2.05) is 0 Å². The lowest BCUT2D eigenvalue weighted by molar-refractivity contribution is 0.0396. The molecule has 24 heavy (non-hydrogen) atoms. The van der Waals surface area contributed by atoms with Gasteiger partial charge in [0.15, 0.2) is 0 Å². The Hall–Kier alpha value is -1.52. The number of hydrogen-bond acceptors (Lipinski definition) is 3. The van der Waals surface area contributed by atoms with E-state index in [0.29, 0.717) is 18.6 Å². The first-order valence-corrected chi connectivity index (χ1v) is 9.28. The van der Waals surface area contributed by atoms with Gasteiger partial charge in [-0.15, -0.1) is 0 Å². The van der Waals surface area contributed by atoms with E-state index >= 15 is 0 Å². The van der Waals surface area contributed by atoms with Gasteiger partial charge in [0, 0.05) is 42.4 Å². The Kier molecular flexibility index (Phi) is 4.27. The fourth-order valence-electron chi connectivity index (χ4n) is 4.93. The summed E-state index contributed by atoms with van der Waals surface area (Å²) in [5, 5.41) is 10.8. The normalized spacial score (nSPS) is 27.0. The van der Waals surface area contributed by atoms with Crippen molar-refractivity contribution >= 4 is 10.9 Å². The van der Waals surface area contributed by atoms with Crippen LogP contribution in [0.1, 0.15) is 43.5 Å². The van der Waals surface area contributed by atoms with Crippen LogP contribution in [0.4, 0.5) is 0 Å². The molecule has 3 atom stereocenters. The third-order valence-corrected chi connectivity index (χ3v) is 6.26. The highest BCUT2D eigenvalue weighted by molar-refractivity contribution is 5.86. The van der Waals surface area contributed by atoms with Gasteiger partial charge in [-0.3, -0.25) is 4.90 Å². The molecule has 2 N–H and O–H groups in total. The number of methoxy groups -OCH3 is 1. The number of aliphatic hydroxyl groups excluding tert-OH is 1. The Morgan fingerprint density at radius 3 is 2.96 bits per heavy atom. The van der Waals surface area contributed by atoms with E-state index in [9.17, 15) is 5.11 Å². The summed E-state index contributed by atoms with van der Waals surface area (Å²) in [4.78, 5) is 6.36. The largest absolute Gasteiger partial charge is 0.497 e. The summed E-state index contributed by atoms with van der Waals surface area (Å²) in [7, 11) is 1.72. The van der Waals surface area contributed by atoms with Crippen LogP contribution >= 0.6 is 0 Å². The monoisotopic (exact) mass is 328 g/mol. The molecule has 1 fully saturated rings. The molecular formula is C20H28N2O2. The molecule has 3 heterocycles. The maximum Gasteiger partial charge on any atom is 0.120 e. The molecule has 4 rings (SSSR count). The molecule has 0 amide bonds. The van der Waals surface area contributed by atoms with Crippen molar-refractivity contribution < 1.29 is 9.84 Å². The van der Waals surface area contributed by atoms with E-state index in [-0.39, 0.29) is 0 Å². The van der Waals surface area contributed by atoms with Crippen LogP contribution < -0.4 is 4.74 Å². The number of nitrogens with one attached hydrogen (secondary N) is 1. The molecule has 2 aliphatic rings. The molecule has 1 aromatic heterocycles. The van der Waals surface area contributed by atoms with Gasteiger partial charge in [0.05, 0.1) is 13.2 Å². The molecule has 2 aliphatic heterocycles. The number of piperidine rings is 1. The number of aromatic amines is 1. The zero-order valence-electron chi connectivity index (χ0n) is 14.7. The van der Waals surface area contributed by atoms with E-state index in [2.05, 4.69) is 35.0 Å². The van der Waals surface area contributed by atoms with Crippen molar-refractivity contribution in [3.8, 4) is 5.75 Å². The molecule has 0 radical (unpaired) electrons. The number of ether oxygens (including phenoxy) is 1. The van der Waals surface area contributed by atoms with E-state index in [1.54, 1.807) is 7.11 Å². The predicted octanol–water partition coefficient (Wildman–Crippen LogP) is 3.50. The minimum atomic E-state index is 0.310. The van der Waals surface area contributed by atoms with Crippen molar-refractivity contribution in [2.45, 2.75) is 38.6 Å². The Labute approximate surface area is 143 Å². The molecule has 1 saturated heterocycles. The maximum atomic E-state index is 9.46. The second kappa shape index (κ2) is 6.41. The van der Waals surface area contributed by atoms with Gasteiger partial charge in [0.25, 0.3) is 0 Å². The van der Waals surface area contributed by atoms with Crippen LogP contribution in [0.2, 0.25) is 0 Å². The van der Waals surface area contributed by atoms with Crippen LogP contribution in [0.5, 0.6) is 5.75 Å². The van der Waals surface area contributed by atoms with Gasteiger partial charge in [0.2, 0.25) is 0 Å². The smallest absolute Gasteiger partial charge is 0.120 e. The Morgan fingerprint density at radius 1 is 1.33 bits per heavy atom. The summed E-state index contributed by atoms with van der Waals surface area (Å²) in [5.41, 5.74) is 4.09. The average molecular weight is 328 g/mol. The second-order valence-corrected chi connectivity index (χ2v) is 7.37. The van der Waals surface area contributed by atoms with Gasteiger partial charge < -0.3 is 14.8 Å². The summed E-state index contributed by atoms with van der Waals surface area (Å²) >= 11 is 0. The predicted molar refractivity (Wildman–Crippen MR) is 96.5 cm³/mol. The van der Waals surface area contributed by atoms with Gasteiger partial charge in [-0.1, -0.05) is 13.3 Å². The molecular weight excluding hydrogens is 300 g/mol. The first kappa shape index (κ1) is 16.0. The Bertz CT molecular complexity index is 724. The summed E-state index contributed by atoms with van der Waals surface area (Å²) in [6, 6.07) is 6.85. The highest BCUT2D eigenvalue weighted by atomic mass is 16.5. The highest BCUT2D eigenvalue weighted by Crippen LogP contribution is 2.44. The molecule has 4 nitrogen and oxygen atoms in total. The van der Waals surface area contributed by atoms with Crippen LogP contribution in [0, 0.1) is 11.8 Å². The van der Waals surface area contributed by atoms with Crippen LogP contribution in [-0.2, 0) is 6.42 Å². The van der Waals surface area contributed by atoms with Crippen molar-refractivity contribution in [3.05, 3.63) is 29.5 Å². The minimum absolute atomic E-state index is 0.310. The lowest BCUT2D eigenvalue weighted by atomic mass is 9.76. The number of nitrogens with zero attached hydrogens (tertiary/aromatic N) is 1. The van der Waals surface area contributed by atoms with Crippen molar-refractivity contribution in [1.82, 2.24) is 9.88 Å². The number of hydrogen-bond donors (Lipinski definition) is 2. The first-order chi connectivity index (χ1) is 11.7. The number of fused-ring (bicyclic) bond motifs is 5. The molecule has 130 valence electrons. The fraction of sp³-hybridized carbons (Fsp3) is 0.600. The second-order valence-electron chi connectivity index (χ2n) is 7.37. The van der Waals surface area contributed by atoms with E-state index in [4.69, 9.17) is 4.74 Å². The lowest BCUT2D eigenvalue weighted by Crippen LogP contribution is -2.46. The quantitative estimate of drug-likeness (QED) is 0.903. The molecule has 2 aromatic rings. The van der Waals surface area contributed by atoms with Gasteiger partial charge in [-0.2, -0.15) is 0 Å². The zero-order chi connectivity index (χ0) is 16.7. The standard InChI is InChI=1S/C20H28N2O2/c1-3-13-12-22-8-6-17-16-5-4-15(24-2)11-18(16)21-20(17)19(22)10-14(13)7-9-23/h4-5,11,13-14,19,21,23H,3,6-10,12H2,1-2H3/t13-,14-,19+/m1/s1. The highest BCUT2D eigenvalue weighted by Gasteiger charge is 2.39. The van der Waals surface area contributed by atoms with Gasteiger partial charge in [-0.25, -0.2) is 0 Å². The van der Waals surface area contributed by atoms with E-state index in [0.717, 1.165) is 37.5 Å². The topological polar surface area (TPSA) is 48.5 Å². The third-order valence-electron chi connectivity index (χ3n) is 6.26. The van der Waals surface area contributed by atoms with E-state index in [1.165, 1.54) is 35.1 Å². The average Bonchev–Trinajstić information content (AvgIpc) is 2.99. The lowest BCUT2D eigenvalue weighted by Gasteiger charge is -2.46. The van der Waals surface area contributed by atoms with Crippen molar-refractivity contribution in [3.63, 3.8) is 0 Å². The number of aromatic nitrogens is 1. The van der Waals surface area contributed by atoms with Crippen molar-refractivity contribution in [2.24, 2.45) is 11.8 Å². The van der Waals surface area contributed by atoms with Gasteiger partial charge in [-0.05, 0) is 48.8 Å². The van der Waals surface area contributed by atoms with Crippen LogP contribution in [0.3, 0.4) is 0 Å².